The predicted molar refractivity (Wildman–Crippen MR) is 104 cm³/mol. The highest BCUT2D eigenvalue weighted by Gasteiger charge is 2.46. The molecule has 0 spiro atoms. The van der Waals surface area contributed by atoms with Crippen molar-refractivity contribution in [2.24, 2.45) is 0 Å². The number of imide groups is 1. The van der Waals surface area contributed by atoms with Crippen molar-refractivity contribution in [2.45, 2.75) is 18.9 Å². The van der Waals surface area contributed by atoms with Crippen molar-refractivity contribution in [2.75, 3.05) is 25.7 Å². The summed E-state index contributed by atoms with van der Waals surface area (Å²) in [6.07, 6.45) is -0.127. The Labute approximate surface area is 167 Å². The van der Waals surface area contributed by atoms with E-state index < -0.39 is 34.8 Å². The largest absolute Gasteiger partial charge is 0.382 e. The van der Waals surface area contributed by atoms with Gasteiger partial charge in [0.05, 0.1) is 18.6 Å². The first-order valence-corrected chi connectivity index (χ1v) is 8.92. The lowest BCUT2D eigenvalue weighted by Crippen LogP contribution is -2.63. The van der Waals surface area contributed by atoms with Crippen LogP contribution in [-0.4, -0.2) is 43.1 Å². The average molecular weight is 398 g/mol. The van der Waals surface area contributed by atoms with Crippen LogP contribution in [0.3, 0.4) is 0 Å². The second-order valence-electron chi connectivity index (χ2n) is 7.08. The van der Waals surface area contributed by atoms with Gasteiger partial charge in [-0.1, -0.05) is 30.0 Å². The number of likely N-dealkylation sites (N-methyl/N-ethyl adjacent to an activating group) is 1. The van der Waals surface area contributed by atoms with Gasteiger partial charge in [0.15, 0.2) is 11.6 Å². The molecule has 0 aliphatic carbocycles. The molecule has 3 rings (SSSR count). The quantitative estimate of drug-likeness (QED) is 0.743. The van der Waals surface area contributed by atoms with Crippen LogP contribution in [0.25, 0.3) is 0 Å². The number of anilines is 1. The highest BCUT2D eigenvalue weighted by atomic mass is 19.1. The number of amides is 3. The molecule has 1 aliphatic rings. The van der Waals surface area contributed by atoms with Crippen LogP contribution in [0, 0.1) is 23.5 Å². The zero-order valence-corrected chi connectivity index (χ0v) is 16.3. The van der Waals surface area contributed by atoms with Crippen LogP contribution in [0.5, 0.6) is 0 Å². The van der Waals surface area contributed by atoms with Crippen LogP contribution in [0.2, 0.25) is 0 Å². The van der Waals surface area contributed by atoms with Crippen molar-refractivity contribution >= 4 is 17.6 Å². The molecule has 1 unspecified atom stereocenters. The minimum absolute atomic E-state index is 0.0992. The number of hydrogen-bond donors (Lipinski definition) is 0. The van der Waals surface area contributed by atoms with Crippen molar-refractivity contribution in [3.05, 3.63) is 65.2 Å². The SMILES string of the molecule is COCC1(C)CC(=O)N(c2c(F)cc(C#Cc3ccccc3)cc2F)C(=O)N1C. The lowest BCUT2D eigenvalue weighted by atomic mass is 9.93. The lowest BCUT2D eigenvalue weighted by molar-refractivity contribution is -0.123. The van der Waals surface area contributed by atoms with Crippen molar-refractivity contribution in [1.29, 1.82) is 0 Å². The zero-order chi connectivity index (χ0) is 21.2. The Bertz CT molecular complexity index is 991. The second kappa shape index (κ2) is 8.02. The molecule has 1 fully saturated rings. The van der Waals surface area contributed by atoms with Crippen LogP contribution in [0.1, 0.15) is 24.5 Å². The number of ether oxygens (including phenoxy) is 1. The summed E-state index contributed by atoms with van der Waals surface area (Å²) in [6, 6.07) is 10.2. The van der Waals surface area contributed by atoms with Gasteiger partial charge in [-0.25, -0.2) is 18.5 Å². The molecule has 1 heterocycles. The molecule has 0 saturated carbocycles. The third kappa shape index (κ3) is 3.98. The van der Waals surface area contributed by atoms with Crippen LogP contribution in [-0.2, 0) is 9.53 Å². The van der Waals surface area contributed by atoms with E-state index in [2.05, 4.69) is 11.8 Å². The van der Waals surface area contributed by atoms with Gasteiger partial charge in [-0.3, -0.25) is 4.79 Å². The van der Waals surface area contributed by atoms with Gasteiger partial charge in [-0.2, -0.15) is 0 Å². The summed E-state index contributed by atoms with van der Waals surface area (Å²) in [5, 5.41) is 0. The molecular formula is C22H20F2N2O3. The van der Waals surface area contributed by atoms with E-state index in [1.807, 2.05) is 6.07 Å². The first-order valence-electron chi connectivity index (χ1n) is 8.92. The number of urea groups is 1. The minimum Gasteiger partial charge on any atom is -0.382 e. The Hall–Kier alpha value is -3.24. The number of carbonyl (C=O) groups excluding carboxylic acids is 2. The molecule has 29 heavy (non-hydrogen) atoms. The van der Waals surface area contributed by atoms with Crippen molar-refractivity contribution in [3.63, 3.8) is 0 Å². The lowest BCUT2D eigenvalue weighted by Gasteiger charge is -2.45. The molecule has 5 nitrogen and oxygen atoms in total. The van der Waals surface area contributed by atoms with E-state index in [4.69, 9.17) is 4.74 Å². The molecule has 150 valence electrons. The van der Waals surface area contributed by atoms with Gasteiger partial charge in [-0.15, -0.1) is 0 Å². The fraction of sp³-hybridized carbons (Fsp3) is 0.273. The van der Waals surface area contributed by atoms with Crippen LogP contribution in [0.4, 0.5) is 19.3 Å². The van der Waals surface area contributed by atoms with Gasteiger partial charge in [0, 0.05) is 25.3 Å². The van der Waals surface area contributed by atoms with Gasteiger partial charge in [-0.05, 0) is 31.2 Å². The molecule has 0 bridgehead atoms. The van der Waals surface area contributed by atoms with Crippen LogP contribution >= 0.6 is 0 Å². The molecule has 2 aromatic carbocycles. The minimum atomic E-state index is -1.03. The Morgan fingerprint density at radius 1 is 1.07 bits per heavy atom. The molecule has 7 heteroatoms. The smallest absolute Gasteiger partial charge is 0.331 e. The average Bonchev–Trinajstić information content (AvgIpc) is 2.68. The van der Waals surface area contributed by atoms with E-state index in [-0.39, 0.29) is 18.6 Å². The zero-order valence-electron chi connectivity index (χ0n) is 16.3. The first-order chi connectivity index (χ1) is 13.8. The molecule has 0 N–H and O–H groups in total. The first kappa shape index (κ1) is 20.5. The van der Waals surface area contributed by atoms with Crippen molar-refractivity contribution in [1.82, 2.24) is 4.90 Å². The summed E-state index contributed by atoms with van der Waals surface area (Å²) in [7, 11) is 2.92. The number of hydrogen-bond acceptors (Lipinski definition) is 3. The third-order valence-corrected chi connectivity index (χ3v) is 4.89. The van der Waals surface area contributed by atoms with Crippen molar-refractivity contribution in [3.8, 4) is 11.8 Å². The van der Waals surface area contributed by atoms with E-state index in [9.17, 15) is 18.4 Å². The Balaban J connectivity index is 1.95. The molecule has 1 atom stereocenters. The maximum atomic E-state index is 14.7. The Kier molecular flexibility index (Phi) is 5.66. The number of rotatable bonds is 3. The molecule has 3 amide bonds. The maximum absolute atomic E-state index is 14.7. The summed E-state index contributed by atoms with van der Waals surface area (Å²) in [5.74, 6) is 2.73. The molecule has 2 aromatic rings. The number of nitrogens with zero attached hydrogens (tertiary/aromatic N) is 2. The normalized spacial score (nSPS) is 19.2. The van der Waals surface area contributed by atoms with E-state index in [0.29, 0.717) is 10.5 Å². The monoisotopic (exact) mass is 398 g/mol. The Morgan fingerprint density at radius 3 is 2.24 bits per heavy atom. The summed E-state index contributed by atoms with van der Waals surface area (Å²) in [4.78, 5) is 27.1. The van der Waals surface area contributed by atoms with E-state index >= 15 is 0 Å². The molecule has 0 radical (unpaired) electrons. The van der Waals surface area contributed by atoms with Gasteiger partial charge >= 0.3 is 6.03 Å². The molecule has 1 aliphatic heterocycles. The van der Waals surface area contributed by atoms with Gasteiger partial charge in [0.1, 0.15) is 5.69 Å². The fourth-order valence-corrected chi connectivity index (χ4v) is 3.21. The fourth-order valence-electron chi connectivity index (χ4n) is 3.21. The van der Waals surface area contributed by atoms with Crippen molar-refractivity contribution < 1.29 is 23.1 Å². The molecule has 0 aromatic heterocycles. The van der Waals surface area contributed by atoms with Gasteiger partial charge in [0.2, 0.25) is 5.91 Å². The maximum Gasteiger partial charge on any atom is 0.331 e. The van der Waals surface area contributed by atoms with E-state index in [1.54, 1.807) is 31.2 Å². The van der Waals surface area contributed by atoms with Crippen LogP contribution in [0.15, 0.2) is 42.5 Å². The highest BCUT2D eigenvalue weighted by Crippen LogP contribution is 2.33. The number of carbonyl (C=O) groups is 2. The highest BCUT2D eigenvalue weighted by molar-refractivity contribution is 6.16. The van der Waals surface area contributed by atoms with Gasteiger partial charge < -0.3 is 9.64 Å². The van der Waals surface area contributed by atoms with E-state index in [0.717, 1.165) is 12.1 Å². The predicted octanol–water partition coefficient (Wildman–Crippen LogP) is 3.56. The van der Waals surface area contributed by atoms with E-state index in [1.165, 1.54) is 19.1 Å². The number of benzene rings is 2. The summed E-state index contributed by atoms with van der Waals surface area (Å²) in [6.45, 7) is 1.80. The van der Waals surface area contributed by atoms with Gasteiger partial charge in [0.25, 0.3) is 0 Å². The number of halogens is 2. The number of methoxy groups -OCH3 is 1. The summed E-state index contributed by atoms with van der Waals surface area (Å²) >= 11 is 0. The standard InChI is InChI=1S/C22H20F2N2O3/c1-22(14-29-3)13-19(27)26(21(28)25(22)2)20-17(23)11-16(12-18(20)24)10-9-15-7-5-4-6-8-15/h4-8,11-12H,13-14H2,1-3H3. The molecule has 1 saturated heterocycles. The summed E-state index contributed by atoms with van der Waals surface area (Å²) in [5.41, 5.74) is -0.801. The third-order valence-electron chi connectivity index (χ3n) is 4.89. The molecular weight excluding hydrogens is 378 g/mol. The summed E-state index contributed by atoms with van der Waals surface area (Å²) < 4.78 is 34.6. The topological polar surface area (TPSA) is 49.9 Å². The Morgan fingerprint density at radius 2 is 1.66 bits per heavy atom. The van der Waals surface area contributed by atoms with Crippen LogP contribution < -0.4 is 4.90 Å². The second-order valence-corrected chi connectivity index (χ2v) is 7.08.